The van der Waals surface area contributed by atoms with Crippen molar-refractivity contribution in [1.29, 1.82) is 0 Å². The molecular formula is C20H26ClN2O4+. The Morgan fingerprint density at radius 1 is 1.00 bits per heavy atom. The summed E-state index contributed by atoms with van der Waals surface area (Å²) < 4.78 is 15.8. The van der Waals surface area contributed by atoms with Gasteiger partial charge in [-0.05, 0) is 35.9 Å². The molecule has 27 heavy (non-hydrogen) atoms. The number of nitrogens with one attached hydrogen (secondary N) is 2. The topological polar surface area (TPSA) is 61.2 Å². The van der Waals surface area contributed by atoms with Crippen LogP contribution in [0.1, 0.15) is 5.56 Å². The number of ether oxygens (including phenoxy) is 3. The second kappa shape index (κ2) is 10.0. The predicted molar refractivity (Wildman–Crippen MR) is 107 cm³/mol. The van der Waals surface area contributed by atoms with Crippen LogP contribution in [-0.2, 0) is 11.2 Å². The first-order chi connectivity index (χ1) is 13.0. The number of amides is 1. The third kappa shape index (κ3) is 6.05. The smallest absolute Gasteiger partial charge is 0.279 e. The number of anilines is 1. The number of quaternary nitrogens is 1. The Morgan fingerprint density at radius 2 is 1.67 bits per heavy atom. The zero-order valence-corrected chi connectivity index (χ0v) is 16.9. The Kier molecular flexibility index (Phi) is 7.76. The molecule has 0 spiro atoms. The van der Waals surface area contributed by atoms with E-state index in [4.69, 9.17) is 25.8 Å². The number of hydrogen-bond acceptors (Lipinski definition) is 4. The molecule has 2 rings (SSSR count). The number of methoxy groups -OCH3 is 3. The fourth-order valence-electron chi connectivity index (χ4n) is 2.73. The van der Waals surface area contributed by atoms with E-state index in [9.17, 15) is 4.79 Å². The maximum absolute atomic E-state index is 12.3. The summed E-state index contributed by atoms with van der Waals surface area (Å²) in [6.45, 7) is 1.14. The van der Waals surface area contributed by atoms with Gasteiger partial charge in [0.1, 0.15) is 5.75 Å². The fourth-order valence-corrected chi connectivity index (χ4v) is 2.90. The van der Waals surface area contributed by atoms with Crippen LogP contribution >= 0.6 is 11.6 Å². The minimum Gasteiger partial charge on any atom is -0.495 e. The van der Waals surface area contributed by atoms with Crippen LogP contribution in [0.25, 0.3) is 0 Å². The van der Waals surface area contributed by atoms with Crippen LogP contribution in [0.5, 0.6) is 17.2 Å². The van der Waals surface area contributed by atoms with Crippen molar-refractivity contribution in [1.82, 2.24) is 0 Å². The summed E-state index contributed by atoms with van der Waals surface area (Å²) in [5.41, 5.74) is 1.70. The van der Waals surface area contributed by atoms with Crippen LogP contribution < -0.4 is 24.4 Å². The van der Waals surface area contributed by atoms with Gasteiger partial charge in [0.05, 0.1) is 40.6 Å². The summed E-state index contributed by atoms with van der Waals surface area (Å²) in [6.07, 6.45) is 0.819. The Bertz CT molecular complexity index is 783. The van der Waals surface area contributed by atoms with E-state index in [-0.39, 0.29) is 5.91 Å². The van der Waals surface area contributed by atoms with Gasteiger partial charge in [-0.25, -0.2) is 0 Å². The Labute approximate surface area is 165 Å². The van der Waals surface area contributed by atoms with Crippen molar-refractivity contribution in [3.8, 4) is 17.2 Å². The van der Waals surface area contributed by atoms with Crippen LogP contribution in [0, 0.1) is 0 Å². The van der Waals surface area contributed by atoms with E-state index in [1.165, 1.54) is 0 Å². The second-order valence-electron chi connectivity index (χ2n) is 6.22. The maximum atomic E-state index is 12.3. The van der Waals surface area contributed by atoms with Gasteiger partial charge in [0.2, 0.25) is 0 Å². The van der Waals surface area contributed by atoms with Crippen LogP contribution in [0.3, 0.4) is 0 Å². The van der Waals surface area contributed by atoms with E-state index in [0.717, 1.165) is 23.4 Å². The highest BCUT2D eigenvalue weighted by Crippen LogP contribution is 2.28. The number of hydrogen-bond donors (Lipinski definition) is 2. The zero-order valence-electron chi connectivity index (χ0n) is 16.1. The lowest BCUT2D eigenvalue weighted by Crippen LogP contribution is -3.10. The molecule has 0 aromatic heterocycles. The third-order valence-electron chi connectivity index (χ3n) is 4.19. The zero-order chi connectivity index (χ0) is 19.8. The van der Waals surface area contributed by atoms with Crippen LogP contribution in [0.4, 0.5) is 5.69 Å². The summed E-state index contributed by atoms with van der Waals surface area (Å²) in [7, 11) is 6.77. The molecule has 0 saturated heterocycles. The Balaban J connectivity index is 1.89. The van der Waals surface area contributed by atoms with Crippen molar-refractivity contribution in [3.63, 3.8) is 0 Å². The van der Waals surface area contributed by atoms with Gasteiger partial charge in [-0.15, -0.1) is 0 Å². The van der Waals surface area contributed by atoms with Gasteiger partial charge in [0.25, 0.3) is 5.91 Å². The SMILES string of the molecule is COc1ccc(Cl)cc1NC(=O)C[NH+](C)CCc1ccc(OC)c(OC)c1. The van der Waals surface area contributed by atoms with Crippen LogP contribution in [-0.4, -0.2) is 47.4 Å². The molecule has 2 aromatic rings. The third-order valence-corrected chi connectivity index (χ3v) is 4.42. The van der Waals surface area contributed by atoms with Gasteiger partial charge in [-0.3, -0.25) is 4.79 Å². The minimum absolute atomic E-state index is 0.0969. The molecular weight excluding hydrogens is 368 g/mol. The number of likely N-dealkylation sites (N-methyl/N-ethyl adjacent to an activating group) is 1. The normalized spacial score (nSPS) is 11.6. The van der Waals surface area contributed by atoms with Gasteiger partial charge >= 0.3 is 0 Å². The van der Waals surface area contributed by atoms with E-state index in [2.05, 4.69) is 5.32 Å². The molecule has 1 amide bonds. The van der Waals surface area contributed by atoms with Crippen molar-refractivity contribution in [2.45, 2.75) is 6.42 Å². The predicted octanol–water partition coefficient (Wildman–Crippen LogP) is 2.06. The number of benzene rings is 2. The van der Waals surface area contributed by atoms with Crippen molar-refractivity contribution in [2.75, 3.05) is 46.8 Å². The van der Waals surface area contributed by atoms with Crippen molar-refractivity contribution in [3.05, 3.63) is 47.0 Å². The highest BCUT2D eigenvalue weighted by molar-refractivity contribution is 6.31. The molecule has 1 atom stereocenters. The lowest BCUT2D eigenvalue weighted by Gasteiger charge is -2.16. The molecule has 0 heterocycles. The molecule has 0 radical (unpaired) electrons. The quantitative estimate of drug-likeness (QED) is 0.684. The van der Waals surface area contributed by atoms with Gasteiger partial charge in [-0.2, -0.15) is 0 Å². The largest absolute Gasteiger partial charge is 0.495 e. The molecule has 0 fully saturated rings. The van der Waals surface area contributed by atoms with Crippen molar-refractivity contribution in [2.24, 2.45) is 0 Å². The molecule has 146 valence electrons. The van der Waals surface area contributed by atoms with Crippen molar-refractivity contribution < 1.29 is 23.9 Å². The highest BCUT2D eigenvalue weighted by Gasteiger charge is 2.14. The van der Waals surface area contributed by atoms with Gasteiger partial charge in [0, 0.05) is 11.4 Å². The monoisotopic (exact) mass is 393 g/mol. The molecule has 0 bridgehead atoms. The van der Waals surface area contributed by atoms with E-state index < -0.39 is 0 Å². The molecule has 6 nitrogen and oxygen atoms in total. The van der Waals surface area contributed by atoms with Crippen LogP contribution in [0.2, 0.25) is 5.02 Å². The standard InChI is InChI=1S/C20H25ClN2O4/c1-23(10-9-14-5-7-18(26-3)19(11-14)27-4)13-20(24)22-16-12-15(21)6-8-17(16)25-2/h5-8,11-12H,9-10,13H2,1-4H3,(H,22,24)/p+1. The molecule has 1 unspecified atom stereocenters. The second-order valence-corrected chi connectivity index (χ2v) is 6.65. The molecule has 0 aliphatic rings. The summed E-state index contributed by atoms with van der Waals surface area (Å²) in [5.74, 6) is 1.89. The lowest BCUT2D eigenvalue weighted by molar-refractivity contribution is -0.870. The molecule has 0 aliphatic carbocycles. The van der Waals surface area contributed by atoms with Gasteiger partial charge in [-0.1, -0.05) is 17.7 Å². The lowest BCUT2D eigenvalue weighted by atomic mass is 10.1. The first-order valence-electron chi connectivity index (χ1n) is 8.62. The summed E-state index contributed by atoms with van der Waals surface area (Å²) in [6, 6.07) is 11.0. The average Bonchev–Trinajstić information content (AvgIpc) is 2.66. The summed E-state index contributed by atoms with van der Waals surface area (Å²) >= 11 is 6.00. The number of carbonyl (C=O) groups excluding carboxylic acids is 1. The Morgan fingerprint density at radius 3 is 2.33 bits per heavy atom. The van der Waals surface area contributed by atoms with Crippen molar-refractivity contribution >= 4 is 23.2 Å². The van der Waals surface area contributed by atoms with E-state index in [1.54, 1.807) is 39.5 Å². The number of rotatable bonds is 9. The first-order valence-corrected chi connectivity index (χ1v) is 9.00. The molecule has 0 saturated carbocycles. The fraction of sp³-hybridized carbons (Fsp3) is 0.350. The number of halogens is 1. The maximum Gasteiger partial charge on any atom is 0.279 e. The average molecular weight is 394 g/mol. The number of carbonyl (C=O) groups is 1. The summed E-state index contributed by atoms with van der Waals surface area (Å²) in [5, 5.41) is 3.40. The molecule has 2 N–H and O–H groups in total. The Hall–Kier alpha value is -2.44. The molecule has 2 aromatic carbocycles. The van der Waals surface area contributed by atoms with Crippen LogP contribution in [0.15, 0.2) is 36.4 Å². The van der Waals surface area contributed by atoms with Gasteiger partial charge < -0.3 is 24.4 Å². The van der Waals surface area contributed by atoms with Gasteiger partial charge in [0.15, 0.2) is 18.0 Å². The summed E-state index contributed by atoms with van der Waals surface area (Å²) in [4.78, 5) is 13.4. The minimum atomic E-state index is -0.0969. The first kappa shape index (κ1) is 20.9. The molecule has 7 heteroatoms. The van der Waals surface area contributed by atoms with E-state index in [0.29, 0.717) is 34.5 Å². The molecule has 0 aliphatic heterocycles. The van der Waals surface area contributed by atoms with E-state index in [1.807, 2.05) is 25.2 Å². The highest BCUT2D eigenvalue weighted by atomic mass is 35.5. The van der Waals surface area contributed by atoms with E-state index >= 15 is 0 Å².